The summed E-state index contributed by atoms with van der Waals surface area (Å²) in [6, 6.07) is 0.489. The molecule has 0 unspecified atom stereocenters. The lowest BCUT2D eigenvalue weighted by molar-refractivity contribution is 0.434. The monoisotopic (exact) mass is 262 g/mol. The van der Waals surface area contributed by atoms with Crippen molar-refractivity contribution in [3.8, 4) is 0 Å². The highest BCUT2D eigenvalue weighted by Crippen LogP contribution is 2.20. The lowest BCUT2D eigenvalue weighted by atomic mass is 10.00. The zero-order valence-electron chi connectivity index (χ0n) is 12.6. The molecular weight excluding hydrogens is 236 g/mol. The summed E-state index contributed by atoms with van der Waals surface area (Å²) in [6.45, 7) is 11.7. The molecule has 0 radical (unpaired) electrons. The first-order valence-corrected chi connectivity index (χ1v) is 7.37. The van der Waals surface area contributed by atoms with Crippen LogP contribution in [0, 0.1) is 12.8 Å². The summed E-state index contributed by atoms with van der Waals surface area (Å²) in [6.07, 6.45) is 4.48. The number of aromatic nitrogens is 2. The van der Waals surface area contributed by atoms with Crippen molar-refractivity contribution in [2.75, 3.05) is 18.0 Å². The molecule has 19 heavy (non-hydrogen) atoms. The molecule has 0 spiro atoms. The maximum Gasteiger partial charge on any atom is 0.225 e. The number of nitrogens with one attached hydrogen (secondary N) is 1. The van der Waals surface area contributed by atoms with Gasteiger partial charge in [0.1, 0.15) is 0 Å². The van der Waals surface area contributed by atoms with Crippen molar-refractivity contribution in [1.82, 2.24) is 15.3 Å². The van der Waals surface area contributed by atoms with E-state index in [1.807, 2.05) is 6.20 Å². The number of piperidine rings is 1. The Morgan fingerprint density at radius 2 is 2.05 bits per heavy atom. The Kier molecular flexibility index (Phi) is 4.75. The Morgan fingerprint density at radius 3 is 2.63 bits per heavy atom. The minimum atomic E-state index is 0.489. The van der Waals surface area contributed by atoms with Crippen molar-refractivity contribution in [2.24, 2.45) is 5.92 Å². The molecule has 1 aromatic heterocycles. The lowest BCUT2D eigenvalue weighted by Crippen LogP contribution is -2.34. The molecule has 0 atom stereocenters. The molecule has 1 aliphatic rings. The van der Waals surface area contributed by atoms with E-state index in [2.05, 4.69) is 47.9 Å². The second-order valence-electron chi connectivity index (χ2n) is 5.99. The van der Waals surface area contributed by atoms with Crippen molar-refractivity contribution in [1.29, 1.82) is 0 Å². The fourth-order valence-electron chi connectivity index (χ4n) is 2.33. The van der Waals surface area contributed by atoms with Gasteiger partial charge >= 0.3 is 0 Å². The van der Waals surface area contributed by atoms with Crippen LogP contribution < -0.4 is 10.2 Å². The van der Waals surface area contributed by atoms with Gasteiger partial charge in [-0.2, -0.15) is 0 Å². The molecule has 0 bridgehead atoms. The van der Waals surface area contributed by atoms with Crippen LogP contribution in [0.2, 0.25) is 0 Å². The number of aryl methyl sites for hydroxylation is 1. The second-order valence-corrected chi connectivity index (χ2v) is 5.99. The zero-order valence-corrected chi connectivity index (χ0v) is 12.6. The molecule has 106 valence electrons. The minimum Gasteiger partial charge on any atom is -0.341 e. The Labute approximate surface area is 116 Å². The first-order valence-electron chi connectivity index (χ1n) is 7.37. The van der Waals surface area contributed by atoms with E-state index in [1.54, 1.807) is 0 Å². The highest BCUT2D eigenvalue weighted by molar-refractivity contribution is 5.33. The first kappa shape index (κ1) is 14.3. The number of anilines is 1. The van der Waals surface area contributed by atoms with Crippen LogP contribution in [0.1, 0.15) is 44.9 Å². The molecule has 1 N–H and O–H groups in total. The second kappa shape index (κ2) is 6.33. The van der Waals surface area contributed by atoms with Gasteiger partial charge in [-0.15, -0.1) is 0 Å². The van der Waals surface area contributed by atoms with Gasteiger partial charge < -0.3 is 10.2 Å². The Hall–Kier alpha value is -1.16. The largest absolute Gasteiger partial charge is 0.341 e. The van der Waals surface area contributed by atoms with Gasteiger partial charge in [-0.25, -0.2) is 9.97 Å². The third-order valence-corrected chi connectivity index (χ3v) is 3.84. The fraction of sp³-hybridized carbons (Fsp3) is 0.733. The SMILES string of the molecule is Cc1nc(N2CCC(C)CC2)ncc1CNC(C)C. The Morgan fingerprint density at radius 1 is 1.37 bits per heavy atom. The van der Waals surface area contributed by atoms with Crippen LogP contribution in [0.3, 0.4) is 0 Å². The number of hydrogen-bond donors (Lipinski definition) is 1. The van der Waals surface area contributed by atoms with Crippen molar-refractivity contribution in [3.05, 3.63) is 17.5 Å². The van der Waals surface area contributed by atoms with Crippen LogP contribution >= 0.6 is 0 Å². The molecule has 4 nitrogen and oxygen atoms in total. The Balaban J connectivity index is 2.02. The summed E-state index contributed by atoms with van der Waals surface area (Å²) in [5.41, 5.74) is 2.29. The molecule has 2 rings (SSSR count). The van der Waals surface area contributed by atoms with Crippen molar-refractivity contribution < 1.29 is 0 Å². The molecule has 1 saturated heterocycles. The molecule has 0 amide bonds. The average Bonchev–Trinajstić information content (AvgIpc) is 2.38. The fourth-order valence-corrected chi connectivity index (χ4v) is 2.33. The average molecular weight is 262 g/mol. The van der Waals surface area contributed by atoms with Crippen LogP contribution in [0.4, 0.5) is 5.95 Å². The van der Waals surface area contributed by atoms with Crippen LogP contribution in [-0.4, -0.2) is 29.1 Å². The summed E-state index contributed by atoms with van der Waals surface area (Å²) >= 11 is 0. The van der Waals surface area contributed by atoms with Crippen LogP contribution in [0.5, 0.6) is 0 Å². The quantitative estimate of drug-likeness (QED) is 0.905. The minimum absolute atomic E-state index is 0.489. The maximum atomic E-state index is 4.67. The smallest absolute Gasteiger partial charge is 0.225 e. The standard InChI is InChI=1S/C15H26N4/c1-11(2)16-9-14-10-17-15(18-13(14)4)19-7-5-12(3)6-8-19/h10-12,16H,5-9H2,1-4H3. The van der Waals surface area contributed by atoms with E-state index in [4.69, 9.17) is 0 Å². The van der Waals surface area contributed by atoms with Gasteiger partial charge in [-0.3, -0.25) is 0 Å². The van der Waals surface area contributed by atoms with Crippen LogP contribution in [-0.2, 0) is 6.54 Å². The van der Waals surface area contributed by atoms with E-state index in [1.165, 1.54) is 18.4 Å². The predicted octanol–water partition coefficient (Wildman–Crippen LogP) is 2.52. The molecule has 1 aliphatic heterocycles. The van der Waals surface area contributed by atoms with Crippen LogP contribution in [0.15, 0.2) is 6.20 Å². The molecule has 4 heteroatoms. The summed E-state index contributed by atoms with van der Waals surface area (Å²) in [5.74, 6) is 1.74. The summed E-state index contributed by atoms with van der Waals surface area (Å²) in [4.78, 5) is 11.5. The number of hydrogen-bond acceptors (Lipinski definition) is 4. The highest BCUT2D eigenvalue weighted by atomic mass is 15.2. The van der Waals surface area contributed by atoms with Crippen molar-refractivity contribution >= 4 is 5.95 Å². The Bertz CT molecular complexity index is 409. The molecule has 1 fully saturated rings. The van der Waals surface area contributed by atoms with E-state index < -0.39 is 0 Å². The zero-order chi connectivity index (χ0) is 13.8. The molecule has 0 aliphatic carbocycles. The van der Waals surface area contributed by atoms with Crippen molar-refractivity contribution in [3.63, 3.8) is 0 Å². The third kappa shape index (κ3) is 3.90. The van der Waals surface area contributed by atoms with E-state index in [0.29, 0.717) is 6.04 Å². The highest BCUT2D eigenvalue weighted by Gasteiger charge is 2.18. The normalized spacial score (nSPS) is 17.2. The van der Waals surface area contributed by atoms with E-state index in [0.717, 1.165) is 37.2 Å². The number of rotatable bonds is 4. The van der Waals surface area contributed by atoms with Gasteiger partial charge in [-0.1, -0.05) is 20.8 Å². The van der Waals surface area contributed by atoms with Crippen molar-refractivity contribution in [2.45, 2.75) is 53.1 Å². The molecule has 0 saturated carbocycles. The number of nitrogens with zero attached hydrogens (tertiary/aromatic N) is 3. The summed E-state index contributed by atoms with van der Waals surface area (Å²) in [5, 5.41) is 3.41. The van der Waals surface area contributed by atoms with Gasteiger partial charge in [0.15, 0.2) is 0 Å². The van der Waals surface area contributed by atoms with Gasteiger partial charge in [0.2, 0.25) is 5.95 Å². The predicted molar refractivity (Wildman–Crippen MR) is 79.4 cm³/mol. The first-order chi connectivity index (χ1) is 9.06. The molecular formula is C15H26N4. The molecule has 0 aromatic carbocycles. The lowest BCUT2D eigenvalue weighted by Gasteiger charge is -2.30. The van der Waals surface area contributed by atoms with Gasteiger partial charge in [0.25, 0.3) is 0 Å². The van der Waals surface area contributed by atoms with E-state index in [-0.39, 0.29) is 0 Å². The van der Waals surface area contributed by atoms with Gasteiger partial charge in [-0.05, 0) is 25.7 Å². The maximum absolute atomic E-state index is 4.67. The van der Waals surface area contributed by atoms with E-state index in [9.17, 15) is 0 Å². The van der Waals surface area contributed by atoms with Crippen LogP contribution in [0.25, 0.3) is 0 Å². The molecule has 1 aromatic rings. The molecule has 2 heterocycles. The van der Waals surface area contributed by atoms with Gasteiger partial charge in [0, 0.05) is 43.1 Å². The third-order valence-electron chi connectivity index (χ3n) is 3.84. The van der Waals surface area contributed by atoms with Gasteiger partial charge in [0.05, 0.1) is 0 Å². The summed E-state index contributed by atoms with van der Waals surface area (Å²) in [7, 11) is 0. The van der Waals surface area contributed by atoms with E-state index >= 15 is 0 Å². The topological polar surface area (TPSA) is 41.1 Å². The summed E-state index contributed by atoms with van der Waals surface area (Å²) < 4.78 is 0.